The molecule has 3 fully saturated rings. The highest BCUT2D eigenvalue weighted by molar-refractivity contribution is 8.20. The fourth-order valence-corrected chi connectivity index (χ4v) is 12.9. The van der Waals surface area contributed by atoms with Crippen LogP contribution in [0.25, 0.3) is 33.8 Å². The number of anilines is 2. The lowest BCUT2D eigenvalue weighted by atomic mass is 9.98. The molecule has 8 aromatic rings. The molecule has 2 saturated carbocycles. The number of alkyl halides is 8. The Labute approximate surface area is 469 Å². The molecule has 0 radical (unpaired) electrons. The Balaban J connectivity index is 0.000000184. The summed E-state index contributed by atoms with van der Waals surface area (Å²) in [6.45, 7) is 2.55. The van der Waals surface area contributed by atoms with Gasteiger partial charge in [0.05, 0.1) is 59.3 Å². The molecular weight excluding hydrogens is 1130 g/mol. The minimum Gasteiger partial charge on any atom is -0.382 e. The Morgan fingerprint density at radius 3 is 1.56 bits per heavy atom. The zero-order valence-electron chi connectivity index (χ0n) is 43.7. The van der Waals surface area contributed by atoms with E-state index in [4.69, 9.17) is 5.10 Å². The first-order valence-corrected chi connectivity index (χ1v) is 28.1. The minimum atomic E-state index is -4.51. The van der Waals surface area contributed by atoms with Crippen LogP contribution in [0.2, 0.25) is 0 Å². The maximum atomic E-state index is 15.6. The normalized spacial score (nSPS) is 15.4. The van der Waals surface area contributed by atoms with E-state index in [9.17, 15) is 49.1 Å². The van der Waals surface area contributed by atoms with Crippen LogP contribution in [-0.2, 0) is 10.0 Å². The number of carbonyl (C=O) groups excluding carboxylic acids is 2. The molecule has 0 amide bonds. The zero-order valence-corrected chi connectivity index (χ0v) is 45.4. The van der Waals surface area contributed by atoms with E-state index in [-0.39, 0.29) is 34.2 Å². The number of imidazole rings is 2. The Bertz CT molecular complexity index is 3740. The summed E-state index contributed by atoms with van der Waals surface area (Å²) in [4.78, 5) is 34.1. The third-order valence-corrected chi connectivity index (χ3v) is 17.7. The quantitative estimate of drug-likeness (QED) is 0.0635. The maximum Gasteiger partial charge on any atom is 0.390 e. The molecule has 2 aliphatic carbocycles. The second-order valence-corrected chi connectivity index (χ2v) is 23.4. The van der Waals surface area contributed by atoms with Crippen LogP contribution in [0.4, 0.5) is 64.1 Å². The molecule has 0 spiro atoms. The van der Waals surface area contributed by atoms with E-state index in [1.54, 1.807) is 43.5 Å². The average molecular weight is 1180 g/mol. The highest BCUT2D eigenvalue weighted by atomic mass is 32.2. The van der Waals surface area contributed by atoms with Gasteiger partial charge in [-0.1, -0.05) is 24.3 Å². The molecule has 1 aliphatic heterocycles. The Kier molecular flexibility index (Phi) is 16.3. The number of rotatable bonds is 18. The lowest BCUT2D eigenvalue weighted by Crippen LogP contribution is -2.23. The second kappa shape index (κ2) is 22.9. The summed E-state index contributed by atoms with van der Waals surface area (Å²) in [7, 11) is 0. The number of halogens is 12. The number of hydrogen-bond acceptors (Lipinski definition) is 10. The van der Waals surface area contributed by atoms with Crippen LogP contribution in [0, 0.1) is 49.0 Å². The monoisotopic (exact) mass is 1180 g/mol. The summed E-state index contributed by atoms with van der Waals surface area (Å²) >= 11 is 2.80. The summed E-state index contributed by atoms with van der Waals surface area (Å²) < 4.78 is 168. The number of aromatic nitrogens is 6. The third kappa shape index (κ3) is 12.8. The molecule has 24 heteroatoms. The molecule has 4 aromatic carbocycles. The van der Waals surface area contributed by atoms with Crippen molar-refractivity contribution in [3.63, 3.8) is 0 Å². The number of carbonyl (C=O) groups is 2. The summed E-state index contributed by atoms with van der Waals surface area (Å²) in [6.07, 6.45) is -3.14. The molecule has 4 aromatic heterocycles. The van der Waals surface area contributed by atoms with Gasteiger partial charge >= 0.3 is 18.3 Å². The first-order chi connectivity index (χ1) is 38.9. The van der Waals surface area contributed by atoms with Crippen LogP contribution < -0.4 is 10.6 Å². The largest absolute Gasteiger partial charge is 0.390 e. The van der Waals surface area contributed by atoms with Crippen LogP contribution in [0.1, 0.15) is 106 Å². The van der Waals surface area contributed by atoms with Gasteiger partial charge in [0.15, 0.2) is 22.9 Å². The van der Waals surface area contributed by atoms with Gasteiger partial charge in [-0.05, 0) is 123 Å². The van der Waals surface area contributed by atoms with Gasteiger partial charge in [-0.15, -0.1) is 23.5 Å². The number of nitrogens with one attached hydrogen (secondary N) is 2. The predicted octanol–water partition coefficient (Wildman–Crippen LogP) is 15.5. The van der Waals surface area contributed by atoms with E-state index >= 15 is 13.2 Å². The molecular formula is C58H50F12N8O2S2. The molecule has 0 unspecified atom stereocenters. The molecule has 2 N–H and O–H groups in total. The SMILES string of the molecule is Cc1cc(-c2cnc3c(NCCC(F)(F)F)cc(C(F)(F)c4cc(F)ccc4F)nn23)ccc1C(=O)CC1CC1.Cc1cc(-c2cnc3c(NCCC(F)(F)F)cc(C4(c5cc(F)ccc5F)SCCS4)nn23)ccc1C(=O)CC1CC1. The van der Waals surface area contributed by atoms with E-state index in [0.29, 0.717) is 105 Å². The van der Waals surface area contributed by atoms with Crippen molar-refractivity contribution in [3.05, 3.63) is 165 Å². The molecule has 1 saturated heterocycles. The first kappa shape index (κ1) is 58.1. The number of aryl methyl sites for hydroxylation is 2. The van der Waals surface area contributed by atoms with Gasteiger partial charge in [0.2, 0.25) is 0 Å². The van der Waals surface area contributed by atoms with Crippen molar-refractivity contribution in [2.45, 2.75) is 87.6 Å². The lowest BCUT2D eigenvalue weighted by molar-refractivity contribution is -0.132. The molecule has 0 bridgehead atoms. The van der Waals surface area contributed by atoms with Crippen LogP contribution in [0.3, 0.4) is 0 Å². The fourth-order valence-electron chi connectivity index (χ4n) is 9.72. The van der Waals surface area contributed by atoms with E-state index in [1.165, 1.54) is 34.2 Å². The molecule has 10 nitrogen and oxygen atoms in total. The first-order valence-electron chi connectivity index (χ1n) is 26.1. The number of Topliss-reactive ketones (excluding diaryl/α,β-unsaturated/α-hetero) is 2. The molecule has 5 heterocycles. The van der Waals surface area contributed by atoms with Crippen molar-refractivity contribution in [2.75, 3.05) is 35.2 Å². The van der Waals surface area contributed by atoms with E-state index < -0.39 is 82.8 Å². The lowest BCUT2D eigenvalue weighted by Gasteiger charge is -2.28. The van der Waals surface area contributed by atoms with E-state index in [2.05, 4.69) is 25.7 Å². The van der Waals surface area contributed by atoms with Gasteiger partial charge in [0.25, 0.3) is 0 Å². The van der Waals surface area contributed by atoms with Crippen molar-refractivity contribution in [3.8, 4) is 22.5 Å². The Morgan fingerprint density at radius 1 is 0.598 bits per heavy atom. The van der Waals surface area contributed by atoms with Crippen molar-refractivity contribution in [2.24, 2.45) is 11.8 Å². The summed E-state index contributed by atoms with van der Waals surface area (Å²) in [5.41, 5.74) is 3.04. The molecule has 430 valence electrons. The predicted molar refractivity (Wildman–Crippen MR) is 289 cm³/mol. The standard InChI is InChI=1S/C30H27F5N4OS2.C28H23F7N4O/c1-17-12-19(4-6-21(17)26(40)13-18-2-3-18)25-16-37-28-24(36-9-8-29(33,34)35)15-27(38-39(25)28)30(41-10-11-42-30)22-14-20(31)5-7-23(22)32;1-15-10-17(4-6-19(15)24(40)11-16-2-3-16)23-14-37-26-22(36-9-8-27(31,32)33)13-25(38-39(23)26)28(34,35)20-12-18(29)5-7-21(20)30/h4-7,12,14-16,18,36H,2-3,8-11,13H2,1H3;4-7,10,12-14,16,36H,2-3,8-9,11H2,1H3. The van der Waals surface area contributed by atoms with Gasteiger partial charge in [0, 0.05) is 65.3 Å². The molecule has 82 heavy (non-hydrogen) atoms. The van der Waals surface area contributed by atoms with Gasteiger partial charge in [-0.3, -0.25) is 9.59 Å². The highest BCUT2D eigenvalue weighted by Crippen LogP contribution is 2.57. The van der Waals surface area contributed by atoms with Crippen LogP contribution in [0.5, 0.6) is 0 Å². The average Bonchev–Trinajstić information content (AvgIpc) is 2.75. The number of ketones is 2. The number of nitrogens with zero attached hydrogens (tertiary/aromatic N) is 6. The maximum absolute atomic E-state index is 15.6. The number of thioether (sulfide) groups is 2. The zero-order chi connectivity index (χ0) is 58.5. The van der Waals surface area contributed by atoms with E-state index in [1.807, 2.05) is 19.1 Å². The topological polar surface area (TPSA) is 119 Å². The third-order valence-electron chi connectivity index (χ3n) is 14.3. The highest BCUT2D eigenvalue weighted by Gasteiger charge is 2.45. The second-order valence-electron chi connectivity index (χ2n) is 20.6. The molecule has 3 aliphatic rings. The van der Waals surface area contributed by atoms with Gasteiger partial charge < -0.3 is 10.6 Å². The number of fused-ring (bicyclic) bond motifs is 2. The fraction of sp³-hybridized carbons (Fsp3) is 0.345. The van der Waals surface area contributed by atoms with Gasteiger partial charge in [-0.25, -0.2) is 36.6 Å². The van der Waals surface area contributed by atoms with Gasteiger partial charge in [-0.2, -0.15) is 45.3 Å². The van der Waals surface area contributed by atoms with Gasteiger partial charge in [0.1, 0.15) is 33.0 Å². The molecule has 0 atom stereocenters. The summed E-state index contributed by atoms with van der Waals surface area (Å²) in [5, 5.41) is 14.2. The smallest absolute Gasteiger partial charge is 0.382 e. The summed E-state index contributed by atoms with van der Waals surface area (Å²) in [6, 6.07) is 17.6. The molecule has 11 rings (SSSR count). The minimum absolute atomic E-state index is 0.00184. The van der Waals surface area contributed by atoms with Crippen LogP contribution >= 0.6 is 23.5 Å². The van der Waals surface area contributed by atoms with E-state index in [0.717, 1.165) is 60.0 Å². The van der Waals surface area contributed by atoms with Crippen molar-refractivity contribution >= 4 is 57.8 Å². The van der Waals surface area contributed by atoms with Crippen LogP contribution in [-0.4, -0.2) is 77.7 Å². The van der Waals surface area contributed by atoms with Crippen molar-refractivity contribution in [1.29, 1.82) is 0 Å². The van der Waals surface area contributed by atoms with Crippen molar-refractivity contribution < 1.29 is 62.3 Å². The number of hydrogen-bond donors (Lipinski definition) is 2. The number of benzene rings is 4. The summed E-state index contributed by atoms with van der Waals surface area (Å²) in [5.74, 6) is -5.60. The Hall–Kier alpha value is -7.08. The van der Waals surface area contributed by atoms with Crippen LogP contribution in [0.15, 0.2) is 97.3 Å². The Morgan fingerprint density at radius 2 is 1.07 bits per heavy atom. The van der Waals surface area contributed by atoms with Crippen molar-refractivity contribution in [1.82, 2.24) is 29.2 Å².